The van der Waals surface area contributed by atoms with Crippen LogP contribution in [0.4, 0.5) is 0 Å². The fraction of sp³-hybridized carbons (Fsp3) is 0.400. The van der Waals surface area contributed by atoms with Crippen molar-refractivity contribution in [1.29, 1.82) is 0 Å². The number of esters is 1. The van der Waals surface area contributed by atoms with E-state index < -0.39 is 11.9 Å². The van der Waals surface area contributed by atoms with Crippen LogP contribution < -0.4 is 5.73 Å². The summed E-state index contributed by atoms with van der Waals surface area (Å²) in [4.78, 5) is 25.5. The molecule has 0 saturated heterocycles. The summed E-state index contributed by atoms with van der Waals surface area (Å²) in [6, 6.07) is 7.04. The molecule has 1 aliphatic carbocycles. The van der Waals surface area contributed by atoms with Gasteiger partial charge in [-0.05, 0) is 30.0 Å². The Labute approximate surface area is 157 Å². The van der Waals surface area contributed by atoms with Gasteiger partial charge >= 0.3 is 5.97 Å². The Kier molecular flexibility index (Phi) is 4.84. The summed E-state index contributed by atoms with van der Waals surface area (Å²) in [5, 5.41) is 0.570. The predicted octanol–water partition coefficient (Wildman–Crippen LogP) is 3.83. The summed E-state index contributed by atoms with van der Waals surface area (Å²) in [6.45, 7) is 5.94. The summed E-state index contributed by atoms with van der Waals surface area (Å²) in [6.07, 6.45) is 0.963. The van der Waals surface area contributed by atoms with Gasteiger partial charge in [0.25, 0.3) is 0 Å². The number of ether oxygens (including phenoxy) is 2. The van der Waals surface area contributed by atoms with Crippen molar-refractivity contribution in [1.82, 2.24) is 0 Å². The second kappa shape index (κ2) is 6.80. The van der Waals surface area contributed by atoms with Crippen LogP contribution in [-0.2, 0) is 19.1 Å². The highest BCUT2D eigenvalue weighted by Crippen LogP contribution is 2.48. The Morgan fingerprint density at radius 3 is 2.58 bits per heavy atom. The fourth-order valence-corrected chi connectivity index (χ4v) is 3.71. The molecule has 2 N–H and O–H groups in total. The van der Waals surface area contributed by atoms with E-state index in [0.29, 0.717) is 29.2 Å². The van der Waals surface area contributed by atoms with Crippen LogP contribution >= 0.6 is 11.6 Å². The standard InChI is InChI=1S/C20H22ClNO4/c1-4-25-19(24)17-15(11-5-7-12(21)8-6-11)16-13(23)9-20(2,3)10-14(16)26-18(17)22/h5-8,15H,4,9-10,22H2,1-3H3/t15-/m1/s1. The average molecular weight is 376 g/mol. The minimum Gasteiger partial charge on any atom is -0.462 e. The van der Waals surface area contributed by atoms with Crippen molar-refractivity contribution in [3.63, 3.8) is 0 Å². The summed E-state index contributed by atoms with van der Waals surface area (Å²) < 4.78 is 10.9. The molecule has 3 rings (SSSR count). The van der Waals surface area contributed by atoms with E-state index in [0.717, 1.165) is 5.56 Å². The summed E-state index contributed by atoms with van der Waals surface area (Å²) >= 11 is 6.00. The highest BCUT2D eigenvalue weighted by molar-refractivity contribution is 6.30. The Morgan fingerprint density at radius 1 is 1.31 bits per heavy atom. The van der Waals surface area contributed by atoms with Gasteiger partial charge in [0, 0.05) is 23.4 Å². The van der Waals surface area contributed by atoms with E-state index in [1.54, 1.807) is 31.2 Å². The van der Waals surface area contributed by atoms with Gasteiger partial charge in [-0.25, -0.2) is 4.79 Å². The van der Waals surface area contributed by atoms with E-state index in [1.165, 1.54) is 0 Å². The zero-order valence-electron chi connectivity index (χ0n) is 15.1. The van der Waals surface area contributed by atoms with Gasteiger partial charge in [0.15, 0.2) is 5.78 Å². The molecule has 0 unspecified atom stereocenters. The number of hydrogen-bond donors (Lipinski definition) is 1. The summed E-state index contributed by atoms with van der Waals surface area (Å²) in [7, 11) is 0. The Bertz CT molecular complexity index is 821. The van der Waals surface area contributed by atoms with E-state index >= 15 is 0 Å². The molecule has 138 valence electrons. The van der Waals surface area contributed by atoms with Crippen molar-refractivity contribution in [2.45, 2.75) is 39.5 Å². The Morgan fingerprint density at radius 2 is 1.96 bits per heavy atom. The number of carbonyl (C=O) groups is 2. The smallest absolute Gasteiger partial charge is 0.340 e. The van der Waals surface area contributed by atoms with Gasteiger partial charge in [-0.2, -0.15) is 0 Å². The summed E-state index contributed by atoms with van der Waals surface area (Å²) in [5.41, 5.74) is 7.29. The third-order valence-electron chi connectivity index (χ3n) is 4.65. The maximum Gasteiger partial charge on any atom is 0.340 e. The van der Waals surface area contributed by atoms with Crippen molar-refractivity contribution in [2.75, 3.05) is 6.61 Å². The lowest BCUT2D eigenvalue weighted by Crippen LogP contribution is -2.35. The highest BCUT2D eigenvalue weighted by Gasteiger charge is 2.44. The first-order valence-corrected chi connectivity index (χ1v) is 8.97. The van der Waals surface area contributed by atoms with Gasteiger partial charge < -0.3 is 15.2 Å². The molecule has 0 saturated carbocycles. The van der Waals surface area contributed by atoms with Crippen molar-refractivity contribution in [3.05, 3.63) is 57.6 Å². The van der Waals surface area contributed by atoms with E-state index in [2.05, 4.69) is 0 Å². The molecule has 6 heteroatoms. The first-order valence-electron chi connectivity index (χ1n) is 8.60. The molecule has 0 bridgehead atoms. The van der Waals surface area contributed by atoms with Gasteiger partial charge in [0.05, 0.1) is 12.5 Å². The topological polar surface area (TPSA) is 78.6 Å². The van der Waals surface area contributed by atoms with Crippen LogP contribution in [0.1, 0.15) is 45.1 Å². The Hall–Kier alpha value is -2.27. The maximum absolute atomic E-state index is 12.9. The zero-order valence-corrected chi connectivity index (χ0v) is 15.9. The lowest BCUT2D eigenvalue weighted by atomic mass is 9.70. The number of nitrogens with two attached hydrogens (primary N) is 1. The SMILES string of the molecule is CCOC(=O)C1=C(N)OC2=C(C(=O)CC(C)(C)C2)[C@H]1c1ccc(Cl)cc1. The first kappa shape index (κ1) is 18.5. The molecular formula is C20H22ClNO4. The third kappa shape index (κ3) is 3.36. The molecule has 5 nitrogen and oxygen atoms in total. The zero-order chi connectivity index (χ0) is 19.1. The predicted molar refractivity (Wildman–Crippen MR) is 98.2 cm³/mol. The van der Waals surface area contributed by atoms with Crippen LogP contribution in [0, 0.1) is 5.41 Å². The Balaban J connectivity index is 2.17. The van der Waals surface area contributed by atoms with Gasteiger partial charge in [0.1, 0.15) is 11.3 Å². The molecule has 0 radical (unpaired) electrons. The van der Waals surface area contributed by atoms with Gasteiger partial charge in [-0.1, -0.05) is 37.6 Å². The number of ketones is 1. The molecule has 26 heavy (non-hydrogen) atoms. The van der Waals surface area contributed by atoms with Crippen molar-refractivity contribution in [2.24, 2.45) is 11.1 Å². The quantitative estimate of drug-likeness (QED) is 0.812. The third-order valence-corrected chi connectivity index (χ3v) is 4.91. The number of allylic oxidation sites excluding steroid dienone is 2. The monoisotopic (exact) mass is 375 g/mol. The molecule has 2 aliphatic rings. The lowest BCUT2D eigenvalue weighted by Gasteiger charge is -2.37. The number of rotatable bonds is 3. The van der Waals surface area contributed by atoms with Gasteiger partial charge in [0.2, 0.25) is 5.88 Å². The number of Topliss-reactive ketones (excluding diaryl/α,β-unsaturated/α-hetero) is 1. The minimum atomic E-state index is -0.612. The molecule has 0 aromatic heterocycles. The largest absolute Gasteiger partial charge is 0.462 e. The number of hydrogen-bond acceptors (Lipinski definition) is 5. The molecule has 1 aromatic carbocycles. The van der Waals surface area contributed by atoms with Crippen LogP contribution in [-0.4, -0.2) is 18.4 Å². The molecule has 0 amide bonds. The van der Waals surface area contributed by atoms with Crippen molar-refractivity contribution >= 4 is 23.4 Å². The molecule has 1 aromatic rings. The lowest BCUT2D eigenvalue weighted by molar-refractivity contribution is -0.139. The second-order valence-electron chi connectivity index (χ2n) is 7.36. The number of carbonyl (C=O) groups excluding carboxylic acids is 2. The van der Waals surface area contributed by atoms with E-state index in [9.17, 15) is 9.59 Å². The minimum absolute atomic E-state index is 0.00681. The number of halogens is 1. The van der Waals surface area contributed by atoms with Crippen LogP contribution in [0.5, 0.6) is 0 Å². The number of benzene rings is 1. The van der Waals surface area contributed by atoms with E-state index in [-0.39, 0.29) is 29.3 Å². The first-order chi connectivity index (χ1) is 12.2. The molecule has 1 aliphatic heterocycles. The fourth-order valence-electron chi connectivity index (χ4n) is 3.58. The van der Waals surface area contributed by atoms with E-state index in [1.807, 2.05) is 13.8 Å². The van der Waals surface area contributed by atoms with E-state index in [4.69, 9.17) is 26.8 Å². The van der Waals surface area contributed by atoms with Crippen molar-refractivity contribution < 1.29 is 19.1 Å². The van der Waals surface area contributed by atoms with Crippen LogP contribution in [0.25, 0.3) is 0 Å². The van der Waals surface area contributed by atoms with Crippen molar-refractivity contribution in [3.8, 4) is 0 Å². The molecule has 0 fully saturated rings. The van der Waals surface area contributed by atoms with Gasteiger partial charge in [-0.15, -0.1) is 0 Å². The van der Waals surface area contributed by atoms with Crippen LogP contribution in [0.2, 0.25) is 5.02 Å². The molecule has 1 heterocycles. The maximum atomic E-state index is 12.9. The second-order valence-corrected chi connectivity index (χ2v) is 7.80. The average Bonchev–Trinajstić information content (AvgIpc) is 2.53. The summed E-state index contributed by atoms with van der Waals surface area (Å²) in [5.74, 6) is -0.692. The normalized spacial score (nSPS) is 22.0. The highest BCUT2D eigenvalue weighted by atomic mass is 35.5. The molecule has 1 atom stereocenters. The van der Waals surface area contributed by atoms with Crippen LogP contribution in [0.3, 0.4) is 0 Å². The molecular weight excluding hydrogens is 354 g/mol. The van der Waals surface area contributed by atoms with Crippen LogP contribution in [0.15, 0.2) is 47.1 Å². The molecule has 0 spiro atoms. The van der Waals surface area contributed by atoms with Gasteiger partial charge in [-0.3, -0.25) is 4.79 Å².